The maximum atomic E-state index is 12.6. The van der Waals surface area contributed by atoms with Gasteiger partial charge in [-0.3, -0.25) is 14.3 Å². The monoisotopic (exact) mass is 301 g/mol. The van der Waals surface area contributed by atoms with E-state index in [0.717, 1.165) is 23.7 Å². The van der Waals surface area contributed by atoms with Crippen LogP contribution in [0.5, 0.6) is 0 Å². The summed E-state index contributed by atoms with van der Waals surface area (Å²) in [5.74, 6) is -1.49. The normalized spacial score (nSPS) is 15.7. The van der Waals surface area contributed by atoms with Gasteiger partial charge in [0.2, 0.25) is 5.91 Å². The maximum Gasteiger partial charge on any atom is 0.308 e. The molecule has 0 bridgehead atoms. The summed E-state index contributed by atoms with van der Waals surface area (Å²) in [5, 5.41) is 14.3. The zero-order valence-electron chi connectivity index (χ0n) is 12.5. The molecule has 22 heavy (non-hydrogen) atoms. The second-order valence-corrected chi connectivity index (χ2v) is 5.88. The van der Waals surface area contributed by atoms with Gasteiger partial charge in [0.1, 0.15) is 6.54 Å². The van der Waals surface area contributed by atoms with E-state index in [1.807, 2.05) is 24.3 Å². The second-order valence-electron chi connectivity index (χ2n) is 5.88. The fourth-order valence-corrected chi connectivity index (χ4v) is 2.58. The first-order valence-electron chi connectivity index (χ1n) is 7.49. The number of aromatic nitrogens is 2. The Labute approximate surface area is 128 Å². The molecule has 6 nitrogen and oxygen atoms in total. The fraction of sp³-hybridized carbons (Fsp3) is 0.438. The van der Waals surface area contributed by atoms with Crippen LogP contribution in [0.15, 0.2) is 30.5 Å². The molecule has 0 radical (unpaired) electrons. The van der Waals surface area contributed by atoms with E-state index in [1.165, 1.54) is 0 Å². The number of hydrogen-bond donors (Lipinski definition) is 1. The number of aliphatic carboxylic acids is 1. The van der Waals surface area contributed by atoms with Crippen LogP contribution in [0.25, 0.3) is 10.9 Å². The number of carbonyl (C=O) groups excluding carboxylic acids is 1. The molecule has 1 atom stereocenters. The number of para-hydroxylation sites is 1. The van der Waals surface area contributed by atoms with Crippen LogP contribution < -0.4 is 0 Å². The predicted molar refractivity (Wildman–Crippen MR) is 81.3 cm³/mol. The Kier molecular flexibility index (Phi) is 3.83. The summed E-state index contributed by atoms with van der Waals surface area (Å²) in [6.45, 7) is 2.04. The van der Waals surface area contributed by atoms with Gasteiger partial charge in [-0.1, -0.05) is 25.1 Å². The molecule has 0 unspecified atom stereocenters. The molecular formula is C16H19N3O3. The van der Waals surface area contributed by atoms with E-state index in [0.29, 0.717) is 0 Å². The fourth-order valence-electron chi connectivity index (χ4n) is 2.58. The second kappa shape index (κ2) is 5.79. The highest BCUT2D eigenvalue weighted by Crippen LogP contribution is 2.28. The lowest BCUT2D eigenvalue weighted by atomic mass is 10.1. The van der Waals surface area contributed by atoms with Crippen LogP contribution in [0, 0.1) is 5.92 Å². The smallest absolute Gasteiger partial charge is 0.308 e. The Bertz CT molecular complexity index is 705. The third-order valence-corrected chi connectivity index (χ3v) is 4.04. The minimum atomic E-state index is -0.872. The maximum absolute atomic E-state index is 12.6. The van der Waals surface area contributed by atoms with Gasteiger partial charge >= 0.3 is 5.97 Å². The van der Waals surface area contributed by atoms with E-state index in [4.69, 9.17) is 5.11 Å². The molecule has 6 heteroatoms. The van der Waals surface area contributed by atoms with Crippen molar-refractivity contribution in [1.29, 1.82) is 0 Å². The standard InChI is InChI=1S/C16H19N3O3/c1-11(16(21)22)9-18(13-6-7-13)15(20)10-19-14-5-3-2-4-12(14)8-17-19/h2-5,8,11,13H,6-7,9-10H2,1H3,(H,21,22)/t11-/m1/s1. The third-order valence-electron chi connectivity index (χ3n) is 4.04. The lowest BCUT2D eigenvalue weighted by Gasteiger charge is -2.24. The van der Waals surface area contributed by atoms with E-state index in [-0.39, 0.29) is 25.0 Å². The van der Waals surface area contributed by atoms with Crippen molar-refractivity contribution in [2.45, 2.75) is 32.4 Å². The molecule has 1 amide bonds. The Morgan fingerprint density at radius 1 is 1.41 bits per heavy atom. The number of amides is 1. The van der Waals surface area contributed by atoms with Gasteiger partial charge in [-0.15, -0.1) is 0 Å². The Morgan fingerprint density at radius 3 is 2.82 bits per heavy atom. The molecule has 1 aliphatic carbocycles. The summed E-state index contributed by atoms with van der Waals surface area (Å²) >= 11 is 0. The Morgan fingerprint density at radius 2 is 2.14 bits per heavy atom. The highest BCUT2D eigenvalue weighted by molar-refractivity contribution is 5.82. The molecule has 0 aliphatic heterocycles. The van der Waals surface area contributed by atoms with E-state index in [1.54, 1.807) is 22.7 Å². The molecule has 1 fully saturated rings. The lowest BCUT2D eigenvalue weighted by molar-refractivity contribution is -0.143. The minimum absolute atomic E-state index is 0.0653. The summed E-state index contributed by atoms with van der Waals surface area (Å²) in [6.07, 6.45) is 3.65. The van der Waals surface area contributed by atoms with Gasteiger partial charge in [0, 0.05) is 18.0 Å². The van der Waals surface area contributed by atoms with Crippen LogP contribution in [0.4, 0.5) is 0 Å². The van der Waals surface area contributed by atoms with Crippen LogP contribution in [0.3, 0.4) is 0 Å². The van der Waals surface area contributed by atoms with Crippen LogP contribution in [0.1, 0.15) is 19.8 Å². The summed E-state index contributed by atoms with van der Waals surface area (Å²) in [4.78, 5) is 25.3. The molecule has 1 aromatic heterocycles. The topological polar surface area (TPSA) is 75.4 Å². The quantitative estimate of drug-likeness (QED) is 0.882. The van der Waals surface area contributed by atoms with E-state index in [2.05, 4.69) is 5.10 Å². The molecule has 1 aromatic carbocycles. The van der Waals surface area contributed by atoms with Crippen molar-refractivity contribution in [3.8, 4) is 0 Å². The molecule has 2 aromatic rings. The number of benzene rings is 1. The van der Waals surface area contributed by atoms with Crippen LogP contribution >= 0.6 is 0 Å². The van der Waals surface area contributed by atoms with E-state index < -0.39 is 11.9 Å². The highest BCUT2D eigenvalue weighted by Gasteiger charge is 2.34. The van der Waals surface area contributed by atoms with E-state index in [9.17, 15) is 9.59 Å². The molecular weight excluding hydrogens is 282 g/mol. The SMILES string of the molecule is C[C@H](CN(C(=O)Cn1ncc2ccccc21)C1CC1)C(=O)O. The number of carboxylic acid groups (broad SMARTS) is 1. The predicted octanol–water partition coefficient (Wildman–Crippen LogP) is 1.75. The molecule has 1 N–H and O–H groups in total. The summed E-state index contributed by atoms with van der Waals surface area (Å²) in [6, 6.07) is 7.92. The van der Waals surface area contributed by atoms with Gasteiger partial charge in [-0.2, -0.15) is 5.10 Å². The molecule has 3 rings (SSSR count). The summed E-state index contributed by atoms with van der Waals surface area (Å²) in [5.41, 5.74) is 0.915. The van der Waals surface area contributed by atoms with Crippen molar-refractivity contribution in [2.75, 3.05) is 6.54 Å². The van der Waals surface area contributed by atoms with Gasteiger partial charge in [-0.05, 0) is 18.9 Å². The molecule has 1 aliphatic rings. The minimum Gasteiger partial charge on any atom is -0.481 e. The first kappa shape index (κ1) is 14.6. The van der Waals surface area contributed by atoms with Gasteiger partial charge < -0.3 is 10.0 Å². The number of nitrogens with zero attached hydrogens (tertiary/aromatic N) is 3. The average molecular weight is 301 g/mol. The molecule has 1 heterocycles. The first-order chi connectivity index (χ1) is 10.6. The van der Waals surface area contributed by atoms with Crippen molar-refractivity contribution in [1.82, 2.24) is 14.7 Å². The highest BCUT2D eigenvalue weighted by atomic mass is 16.4. The van der Waals surface area contributed by atoms with Crippen molar-refractivity contribution < 1.29 is 14.7 Å². The summed E-state index contributed by atoms with van der Waals surface area (Å²) in [7, 11) is 0. The first-order valence-corrected chi connectivity index (χ1v) is 7.49. The zero-order chi connectivity index (χ0) is 15.7. The van der Waals surface area contributed by atoms with E-state index >= 15 is 0 Å². The average Bonchev–Trinajstić information content (AvgIpc) is 3.26. The number of carbonyl (C=O) groups is 2. The molecule has 116 valence electrons. The van der Waals surface area contributed by atoms with Crippen molar-refractivity contribution >= 4 is 22.8 Å². The number of hydrogen-bond acceptors (Lipinski definition) is 3. The molecule has 0 saturated heterocycles. The molecule has 1 saturated carbocycles. The number of rotatable bonds is 6. The lowest BCUT2D eigenvalue weighted by Crippen LogP contribution is -2.40. The van der Waals surface area contributed by atoms with Crippen molar-refractivity contribution in [3.05, 3.63) is 30.5 Å². The molecule has 0 spiro atoms. The van der Waals surface area contributed by atoms with Crippen LogP contribution in [-0.4, -0.2) is 44.3 Å². The third kappa shape index (κ3) is 2.95. The van der Waals surface area contributed by atoms with Gasteiger partial charge in [-0.25, -0.2) is 0 Å². The van der Waals surface area contributed by atoms with Crippen molar-refractivity contribution in [3.63, 3.8) is 0 Å². The Hall–Kier alpha value is -2.37. The van der Waals surface area contributed by atoms with Gasteiger partial charge in [0.25, 0.3) is 0 Å². The largest absolute Gasteiger partial charge is 0.481 e. The number of carboxylic acids is 1. The van der Waals surface area contributed by atoms with Crippen LogP contribution in [0.2, 0.25) is 0 Å². The van der Waals surface area contributed by atoms with Gasteiger partial charge in [0.05, 0.1) is 17.6 Å². The van der Waals surface area contributed by atoms with Crippen molar-refractivity contribution in [2.24, 2.45) is 5.92 Å². The summed E-state index contributed by atoms with van der Waals surface area (Å²) < 4.78 is 1.68. The van der Waals surface area contributed by atoms with Gasteiger partial charge in [0.15, 0.2) is 0 Å². The number of fused-ring (bicyclic) bond motifs is 1. The zero-order valence-corrected chi connectivity index (χ0v) is 12.5. The Balaban J connectivity index is 1.75. The van der Waals surface area contributed by atoms with Crippen LogP contribution in [-0.2, 0) is 16.1 Å².